The molecule has 1 amide bonds. The zero-order chi connectivity index (χ0) is 17.9. The zero-order valence-electron chi connectivity index (χ0n) is 13.6. The van der Waals surface area contributed by atoms with Crippen LogP contribution in [0.3, 0.4) is 0 Å². The number of amides is 1. The molecule has 4 heterocycles. The Morgan fingerprint density at radius 3 is 2.77 bits per heavy atom. The van der Waals surface area contributed by atoms with E-state index in [2.05, 4.69) is 24.9 Å². The monoisotopic (exact) mass is 342 g/mol. The number of nitrogens with one attached hydrogen (secondary N) is 1. The summed E-state index contributed by atoms with van der Waals surface area (Å²) in [6, 6.07) is 5.81. The number of fused-ring (bicyclic) bond motifs is 1. The van der Waals surface area contributed by atoms with Gasteiger partial charge in [0.1, 0.15) is 12.0 Å². The van der Waals surface area contributed by atoms with Gasteiger partial charge in [-0.2, -0.15) is 0 Å². The van der Waals surface area contributed by atoms with E-state index in [1.54, 1.807) is 30.9 Å². The van der Waals surface area contributed by atoms with Gasteiger partial charge in [0.15, 0.2) is 0 Å². The summed E-state index contributed by atoms with van der Waals surface area (Å²) < 4.78 is 0. The first kappa shape index (κ1) is 15.6. The lowest BCUT2D eigenvalue weighted by Gasteiger charge is -2.04. The van der Waals surface area contributed by atoms with Gasteiger partial charge in [-0.15, -0.1) is 0 Å². The minimum absolute atomic E-state index is 0.500. The highest BCUT2D eigenvalue weighted by molar-refractivity contribution is 5.95. The molecule has 7 heteroatoms. The normalized spacial score (nSPS) is 11.2. The molecule has 4 rings (SSSR count). The van der Waals surface area contributed by atoms with Gasteiger partial charge in [-0.1, -0.05) is 0 Å². The van der Waals surface area contributed by atoms with E-state index < -0.39 is 5.91 Å². The minimum Gasteiger partial charge on any atom is -0.366 e. The van der Waals surface area contributed by atoms with E-state index in [-0.39, 0.29) is 0 Å². The summed E-state index contributed by atoms with van der Waals surface area (Å²) in [6.07, 6.45) is 13.2. The van der Waals surface area contributed by atoms with Gasteiger partial charge in [-0.05, 0) is 29.8 Å². The third-order valence-corrected chi connectivity index (χ3v) is 3.92. The maximum atomic E-state index is 10.9. The van der Waals surface area contributed by atoms with E-state index in [1.807, 2.05) is 24.4 Å². The van der Waals surface area contributed by atoms with Crippen LogP contribution in [0.4, 0.5) is 0 Å². The first-order valence-corrected chi connectivity index (χ1v) is 7.87. The van der Waals surface area contributed by atoms with Gasteiger partial charge in [0.2, 0.25) is 5.91 Å². The summed E-state index contributed by atoms with van der Waals surface area (Å²) in [6.45, 7) is 0. The number of hydrogen-bond acceptors (Lipinski definition) is 5. The van der Waals surface area contributed by atoms with Gasteiger partial charge in [0.05, 0.1) is 5.69 Å². The fraction of sp³-hybridized carbons (Fsp3) is 0. The average Bonchev–Trinajstić information content (AvgIpc) is 3.10. The number of aromatic amines is 1. The Balaban J connectivity index is 1.78. The Morgan fingerprint density at radius 1 is 1.08 bits per heavy atom. The van der Waals surface area contributed by atoms with Crippen LogP contribution in [0.2, 0.25) is 0 Å². The number of nitrogens with two attached hydrogens (primary N) is 1. The molecular formula is C19H14N6O. The van der Waals surface area contributed by atoms with Crippen molar-refractivity contribution >= 4 is 23.0 Å². The number of carbonyl (C=O) groups excluding carboxylic acids is 1. The molecule has 0 aliphatic rings. The Bertz CT molecular complexity index is 1120. The second-order valence-corrected chi connectivity index (χ2v) is 5.66. The van der Waals surface area contributed by atoms with E-state index in [9.17, 15) is 4.79 Å². The van der Waals surface area contributed by atoms with Crippen LogP contribution < -0.4 is 5.73 Å². The summed E-state index contributed by atoms with van der Waals surface area (Å²) in [5.41, 5.74) is 10.3. The van der Waals surface area contributed by atoms with Crippen molar-refractivity contribution in [2.45, 2.75) is 0 Å². The van der Waals surface area contributed by atoms with Gasteiger partial charge in [0.25, 0.3) is 0 Å². The van der Waals surface area contributed by atoms with Crippen LogP contribution in [0.1, 0.15) is 5.56 Å². The van der Waals surface area contributed by atoms with Crippen LogP contribution in [-0.2, 0) is 4.79 Å². The maximum Gasteiger partial charge on any atom is 0.241 e. The summed E-state index contributed by atoms with van der Waals surface area (Å²) in [5, 5.41) is 0.958. The first-order valence-electron chi connectivity index (χ1n) is 7.87. The van der Waals surface area contributed by atoms with Crippen molar-refractivity contribution in [1.29, 1.82) is 0 Å². The molecule has 0 aromatic carbocycles. The van der Waals surface area contributed by atoms with Crippen molar-refractivity contribution in [2.24, 2.45) is 5.73 Å². The molecule has 26 heavy (non-hydrogen) atoms. The standard InChI is InChI=1S/C19H14N6O/c20-18(26)2-1-12-5-13(8-22-7-12)14-6-15-16(10-24-19(15)23-9-14)17-3-4-21-11-25-17/h1-11H,(H2,20,26)(H,23,24)/b2-1+. The van der Waals surface area contributed by atoms with E-state index in [0.29, 0.717) is 0 Å². The summed E-state index contributed by atoms with van der Waals surface area (Å²) in [7, 11) is 0. The maximum absolute atomic E-state index is 10.9. The third kappa shape index (κ3) is 3.05. The molecule has 0 unspecified atom stereocenters. The molecule has 7 nitrogen and oxygen atoms in total. The number of carbonyl (C=O) groups is 1. The quantitative estimate of drug-likeness (QED) is 0.554. The summed E-state index contributed by atoms with van der Waals surface area (Å²) in [5.74, 6) is -0.500. The van der Waals surface area contributed by atoms with Crippen LogP contribution in [0.25, 0.3) is 39.5 Å². The minimum atomic E-state index is -0.500. The number of aromatic nitrogens is 5. The van der Waals surface area contributed by atoms with Crippen molar-refractivity contribution in [2.75, 3.05) is 0 Å². The molecule has 4 aromatic rings. The number of H-pyrrole nitrogens is 1. The van der Waals surface area contributed by atoms with Gasteiger partial charge in [-0.25, -0.2) is 15.0 Å². The van der Waals surface area contributed by atoms with Crippen molar-refractivity contribution in [1.82, 2.24) is 24.9 Å². The predicted molar refractivity (Wildman–Crippen MR) is 98.6 cm³/mol. The SMILES string of the molecule is NC(=O)/C=C/c1cncc(-c2cnc3[nH]cc(-c4ccncn4)c3c2)c1. The lowest BCUT2D eigenvalue weighted by atomic mass is 10.0. The van der Waals surface area contributed by atoms with Gasteiger partial charge < -0.3 is 10.7 Å². The average molecular weight is 342 g/mol. The molecule has 0 bridgehead atoms. The zero-order valence-corrected chi connectivity index (χ0v) is 13.6. The van der Waals surface area contributed by atoms with E-state index in [0.717, 1.165) is 39.0 Å². The van der Waals surface area contributed by atoms with Crippen molar-refractivity contribution in [3.05, 3.63) is 67.2 Å². The molecule has 0 saturated heterocycles. The second-order valence-electron chi connectivity index (χ2n) is 5.66. The molecule has 0 aliphatic carbocycles. The highest BCUT2D eigenvalue weighted by Gasteiger charge is 2.10. The van der Waals surface area contributed by atoms with E-state index in [4.69, 9.17) is 5.73 Å². The smallest absolute Gasteiger partial charge is 0.241 e. The van der Waals surface area contributed by atoms with Crippen LogP contribution in [-0.4, -0.2) is 30.8 Å². The second kappa shape index (κ2) is 6.56. The van der Waals surface area contributed by atoms with Crippen LogP contribution in [0, 0.1) is 0 Å². The highest BCUT2D eigenvalue weighted by atomic mass is 16.1. The largest absolute Gasteiger partial charge is 0.366 e. The van der Waals surface area contributed by atoms with E-state index in [1.165, 1.54) is 12.4 Å². The van der Waals surface area contributed by atoms with E-state index >= 15 is 0 Å². The van der Waals surface area contributed by atoms with Crippen molar-refractivity contribution in [3.63, 3.8) is 0 Å². The van der Waals surface area contributed by atoms with Crippen molar-refractivity contribution in [3.8, 4) is 22.4 Å². The molecule has 0 radical (unpaired) electrons. The molecule has 0 saturated carbocycles. The number of nitrogens with zero attached hydrogens (tertiary/aromatic N) is 4. The predicted octanol–water partition coefficient (Wildman–Crippen LogP) is 2.58. The van der Waals surface area contributed by atoms with Gasteiger partial charge >= 0.3 is 0 Å². The lowest BCUT2D eigenvalue weighted by molar-refractivity contribution is -0.113. The topological polar surface area (TPSA) is 110 Å². The molecule has 0 aliphatic heterocycles. The summed E-state index contributed by atoms with van der Waals surface area (Å²) in [4.78, 5) is 31.0. The molecule has 0 atom stereocenters. The van der Waals surface area contributed by atoms with Gasteiger partial charge in [-0.3, -0.25) is 9.78 Å². The lowest BCUT2D eigenvalue weighted by Crippen LogP contribution is -2.05. The Hall–Kier alpha value is -3.87. The van der Waals surface area contributed by atoms with Crippen molar-refractivity contribution < 1.29 is 4.79 Å². The molecule has 0 spiro atoms. The number of hydrogen-bond donors (Lipinski definition) is 2. The van der Waals surface area contributed by atoms with Crippen LogP contribution >= 0.6 is 0 Å². The third-order valence-electron chi connectivity index (χ3n) is 3.92. The summed E-state index contributed by atoms with van der Waals surface area (Å²) >= 11 is 0. The molecular weight excluding hydrogens is 328 g/mol. The number of rotatable bonds is 4. The Kier molecular flexibility index (Phi) is 3.95. The molecule has 0 fully saturated rings. The Labute approximate surface area is 148 Å². The molecule has 126 valence electrons. The highest BCUT2D eigenvalue weighted by Crippen LogP contribution is 2.29. The van der Waals surface area contributed by atoms with Crippen LogP contribution in [0.5, 0.6) is 0 Å². The Morgan fingerprint density at radius 2 is 1.96 bits per heavy atom. The first-order chi connectivity index (χ1) is 12.7. The van der Waals surface area contributed by atoms with Gasteiger partial charge in [0, 0.05) is 59.1 Å². The fourth-order valence-corrected chi connectivity index (χ4v) is 2.71. The molecule has 4 aromatic heterocycles. The number of pyridine rings is 2. The van der Waals surface area contributed by atoms with Crippen LogP contribution in [0.15, 0.2) is 61.6 Å². The number of primary amides is 1. The molecule has 3 N–H and O–H groups in total. The fourth-order valence-electron chi connectivity index (χ4n) is 2.71.